The highest BCUT2D eigenvalue weighted by Gasteiger charge is 2.50. The standard InChI is InChI=1S/C18H20N2O3S2/c1-14-2-4-16(5-3-14)25(22,23)19-8-7-18(12-19)10-17(21)20(13-18)15-6-9-24-11-15/h2-6,9,11H,7-8,10,12-13H2,1H3. The van der Waals surface area contributed by atoms with Gasteiger partial charge in [-0.3, -0.25) is 4.79 Å². The second kappa shape index (κ2) is 5.93. The second-order valence-electron chi connectivity index (χ2n) is 7.04. The molecule has 0 radical (unpaired) electrons. The number of hydrogen-bond acceptors (Lipinski definition) is 4. The van der Waals surface area contributed by atoms with Gasteiger partial charge in [0.1, 0.15) is 0 Å². The van der Waals surface area contributed by atoms with Gasteiger partial charge in [0.25, 0.3) is 0 Å². The van der Waals surface area contributed by atoms with Crippen molar-refractivity contribution in [1.82, 2.24) is 4.31 Å². The summed E-state index contributed by atoms with van der Waals surface area (Å²) >= 11 is 1.56. The van der Waals surface area contributed by atoms with Crippen molar-refractivity contribution >= 4 is 33.0 Å². The summed E-state index contributed by atoms with van der Waals surface area (Å²) in [7, 11) is -3.50. The van der Waals surface area contributed by atoms with Crippen LogP contribution in [0.5, 0.6) is 0 Å². The van der Waals surface area contributed by atoms with Crippen molar-refractivity contribution in [1.29, 1.82) is 0 Å². The van der Waals surface area contributed by atoms with Crippen molar-refractivity contribution in [3.63, 3.8) is 0 Å². The van der Waals surface area contributed by atoms with Crippen LogP contribution in [-0.4, -0.2) is 38.3 Å². The first kappa shape index (κ1) is 16.8. The minimum atomic E-state index is -3.50. The van der Waals surface area contributed by atoms with Crippen molar-refractivity contribution in [2.45, 2.75) is 24.7 Å². The molecule has 4 rings (SSSR count). The number of carbonyl (C=O) groups is 1. The number of carbonyl (C=O) groups excluding carboxylic acids is 1. The molecular formula is C18H20N2O3S2. The van der Waals surface area contributed by atoms with E-state index in [9.17, 15) is 13.2 Å². The number of anilines is 1. The van der Waals surface area contributed by atoms with E-state index in [4.69, 9.17) is 0 Å². The number of thiophene rings is 1. The summed E-state index contributed by atoms with van der Waals surface area (Å²) < 4.78 is 27.4. The van der Waals surface area contributed by atoms with Gasteiger partial charge in [0, 0.05) is 36.9 Å². The molecular weight excluding hydrogens is 356 g/mol. The normalized spacial score (nSPS) is 24.5. The fraction of sp³-hybridized carbons (Fsp3) is 0.389. The molecule has 2 aliphatic rings. The third kappa shape index (κ3) is 2.90. The molecule has 1 amide bonds. The molecule has 0 N–H and O–H groups in total. The van der Waals surface area contributed by atoms with Crippen molar-refractivity contribution in [3.8, 4) is 0 Å². The van der Waals surface area contributed by atoms with E-state index in [1.807, 2.05) is 35.9 Å². The molecule has 1 unspecified atom stereocenters. The molecule has 1 aromatic heterocycles. The summed E-state index contributed by atoms with van der Waals surface area (Å²) in [6.45, 7) is 3.42. The highest BCUT2D eigenvalue weighted by molar-refractivity contribution is 7.89. The molecule has 2 fully saturated rings. The van der Waals surface area contributed by atoms with Crippen LogP contribution in [0.25, 0.3) is 0 Å². The number of nitrogens with zero attached hydrogens (tertiary/aromatic N) is 2. The topological polar surface area (TPSA) is 57.7 Å². The fourth-order valence-corrected chi connectivity index (χ4v) is 5.97. The van der Waals surface area contributed by atoms with E-state index in [2.05, 4.69) is 0 Å². The molecule has 132 valence electrons. The number of amides is 1. The van der Waals surface area contributed by atoms with Crippen molar-refractivity contribution < 1.29 is 13.2 Å². The van der Waals surface area contributed by atoms with Crippen LogP contribution in [0.2, 0.25) is 0 Å². The highest BCUT2D eigenvalue weighted by atomic mass is 32.2. The number of hydrogen-bond donors (Lipinski definition) is 0. The Morgan fingerprint density at radius 3 is 2.56 bits per heavy atom. The van der Waals surface area contributed by atoms with Gasteiger partial charge in [0.05, 0.1) is 10.6 Å². The van der Waals surface area contributed by atoms with E-state index in [1.54, 1.807) is 32.7 Å². The quantitative estimate of drug-likeness (QED) is 0.828. The zero-order valence-electron chi connectivity index (χ0n) is 14.0. The smallest absolute Gasteiger partial charge is 0.243 e. The Morgan fingerprint density at radius 1 is 1.12 bits per heavy atom. The third-order valence-corrected chi connectivity index (χ3v) is 7.73. The zero-order valence-corrected chi connectivity index (χ0v) is 15.6. The maximum absolute atomic E-state index is 12.9. The molecule has 2 saturated heterocycles. The Hall–Kier alpha value is -1.70. The van der Waals surface area contributed by atoms with Crippen LogP contribution in [0, 0.1) is 12.3 Å². The lowest BCUT2D eigenvalue weighted by atomic mass is 9.86. The Kier molecular flexibility index (Phi) is 3.97. The first-order valence-corrected chi connectivity index (χ1v) is 10.7. The number of rotatable bonds is 3. The zero-order chi connectivity index (χ0) is 17.7. The summed E-state index contributed by atoms with van der Waals surface area (Å²) in [6.07, 6.45) is 1.15. The monoisotopic (exact) mass is 376 g/mol. The maximum atomic E-state index is 12.9. The minimum absolute atomic E-state index is 0.0907. The lowest BCUT2D eigenvalue weighted by Crippen LogP contribution is -2.34. The summed E-state index contributed by atoms with van der Waals surface area (Å²) in [5, 5.41) is 3.92. The Balaban J connectivity index is 1.55. The van der Waals surface area contributed by atoms with Crippen LogP contribution in [0.15, 0.2) is 46.0 Å². The highest BCUT2D eigenvalue weighted by Crippen LogP contribution is 2.43. The van der Waals surface area contributed by atoms with Gasteiger partial charge < -0.3 is 4.90 Å². The Morgan fingerprint density at radius 2 is 1.88 bits per heavy atom. The van der Waals surface area contributed by atoms with E-state index >= 15 is 0 Å². The van der Waals surface area contributed by atoms with Crippen LogP contribution in [0.4, 0.5) is 5.69 Å². The van der Waals surface area contributed by atoms with Gasteiger partial charge in [-0.25, -0.2) is 8.42 Å². The number of benzene rings is 1. The first-order chi connectivity index (χ1) is 11.9. The molecule has 1 atom stereocenters. The first-order valence-electron chi connectivity index (χ1n) is 8.29. The molecule has 2 aromatic rings. The molecule has 1 aromatic carbocycles. The van der Waals surface area contributed by atoms with Crippen LogP contribution >= 0.6 is 11.3 Å². The summed E-state index contributed by atoms with van der Waals surface area (Å²) in [4.78, 5) is 14.6. The molecule has 1 spiro atoms. The van der Waals surface area contributed by atoms with E-state index in [1.165, 1.54) is 0 Å². The molecule has 2 aliphatic heterocycles. The molecule has 0 saturated carbocycles. The van der Waals surface area contributed by atoms with Crippen molar-refractivity contribution in [2.75, 3.05) is 24.5 Å². The molecule has 25 heavy (non-hydrogen) atoms. The third-order valence-electron chi connectivity index (χ3n) is 5.20. The summed E-state index contributed by atoms with van der Waals surface area (Å²) in [5.41, 5.74) is 1.69. The van der Waals surface area contributed by atoms with Gasteiger partial charge in [-0.1, -0.05) is 17.7 Å². The lowest BCUT2D eigenvalue weighted by Gasteiger charge is -2.23. The molecule has 0 aliphatic carbocycles. The van der Waals surface area contributed by atoms with E-state index in [-0.39, 0.29) is 11.3 Å². The summed E-state index contributed by atoms with van der Waals surface area (Å²) in [5.74, 6) is 0.0907. The Labute approximate surface area is 151 Å². The maximum Gasteiger partial charge on any atom is 0.243 e. The van der Waals surface area contributed by atoms with Gasteiger partial charge in [-0.2, -0.15) is 15.6 Å². The molecule has 0 bridgehead atoms. The van der Waals surface area contributed by atoms with Gasteiger partial charge in [0.2, 0.25) is 15.9 Å². The van der Waals surface area contributed by atoms with Gasteiger partial charge in [-0.05, 0) is 36.9 Å². The second-order valence-corrected chi connectivity index (χ2v) is 9.76. The van der Waals surface area contributed by atoms with Crippen molar-refractivity contribution in [2.24, 2.45) is 5.41 Å². The van der Waals surface area contributed by atoms with Crippen LogP contribution < -0.4 is 4.90 Å². The average Bonchev–Trinajstić information content (AvgIpc) is 3.29. The SMILES string of the molecule is Cc1ccc(S(=O)(=O)N2CCC3(CC(=O)N(c4ccsc4)C3)C2)cc1. The van der Waals surface area contributed by atoms with Crippen LogP contribution in [0.1, 0.15) is 18.4 Å². The van der Waals surface area contributed by atoms with Gasteiger partial charge in [0.15, 0.2) is 0 Å². The van der Waals surface area contributed by atoms with Crippen LogP contribution in [0.3, 0.4) is 0 Å². The van der Waals surface area contributed by atoms with E-state index in [0.29, 0.717) is 31.0 Å². The molecule has 3 heterocycles. The molecule has 5 nitrogen and oxygen atoms in total. The predicted molar refractivity (Wildman–Crippen MR) is 98.3 cm³/mol. The fourth-order valence-electron chi connectivity index (χ4n) is 3.77. The van der Waals surface area contributed by atoms with Gasteiger partial charge in [-0.15, -0.1) is 0 Å². The lowest BCUT2D eigenvalue weighted by molar-refractivity contribution is -0.117. The molecule has 7 heteroatoms. The number of aryl methyl sites for hydroxylation is 1. The van der Waals surface area contributed by atoms with Crippen molar-refractivity contribution in [3.05, 3.63) is 46.7 Å². The van der Waals surface area contributed by atoms with E-state index in [0.717, 1.165) is 17.7 Å². The predicted octanol–water partition coefficient (Wildman–Crippen LogP) is 2.87. The minimum Gasteiger partial charge on any atom is -0.311 e. The van der Waals surface area contributed by atoms with E-state index < -0.39 is 10.0 Å². The average molecular weight is 377 g/mol. The largest absolute Gasteiger partial charge is 0.311 e. The Bertz CT molecular complexity index is 891. The van der Waals surface area contributed by atoms with Crippen LogP contribution in [-0.2, 0) is 14.8 Å². The summed E-state index contributed by atoms with van der Waals surface area (Å²) in [6, 6.07) is 8.89. The number of sulfonamides is 1. The van der Waals surface area contributed by atoms with Gasteiger partial charge >= 0.3 is 0 Å².